The Morgan fingerprint density at radius 2 is 1.95 bits per heavy atom. The van der Waals surface area contributed by atoms with E-state index in [4.69, 9.17) is 5.73 Å². The first-order chi connectivity index (χ1) is 9.16. The summed E-state index contributed by atoms with van der Waals surface area (Å²) in [4.78, 5) is 0. The number of hydrogen-bond donors (Lipinski definition) is 1. The first-order valence-electron chi connectivity index (χ1n) is 7.42. The van der Waals surface area contributed by atoms with E-state index in [9.17, 15) is 0 Å². The SMILES string of the molecule is Cc1ccc2c(c1)c(C1(CN)CCCCC1)cn2C. The van der Waals surface area contributed by atoms with E-state index in [2.05, 4.69) is 42.9 Å². The van der Waals surface area contributed by atoms with Crippen molar-refractivity contribution in [1.82, 2.24) is 4.57 Å². The molecule has 0 spiro atoms. The monoisotopic (exact) mass is 256 g/mol. The van der Waals surface area contributed by atoms with Crippen LogP contribution in [0.15, 0.2) is 24.4 Å². The van der Waals surface area contributed by atoms with Gasteiger partial charge in [0.05, 0.1) is 0 Å². The molecule has 0 radical (unpaired) electrons. The summed E-state index contributed by atoms with van der Waals surface area (Å²) < 4.78 is 2.26. The number of aryl methyl sites for hydroxylation is 2. The molecule has 1 heterocycles. The molecule has 2 heteroatoms. The number of aromatic nitrogens is 1. The normalized spacial score (nSPS) is 18.9. The average Bonchev–Trinajstić information content (AvgIpc) is 2.77. The molecule has 0 atom stereocenters. The van der Waals surface area contributed by atoms with Gasteiger partial charge in [0.25, 0.3) is 0 Å². The molecule has 19 heavy (non-hydrogen) atoms. The van der Waals surface area contributed by atoms with Crippen molar-refractivity contribution in [2.24, 2.45) is 12.8 Å². The van der Waals surface area contributed by atoms with E-state index in [1.54, 1.807) is 0 Å². The van der Waals surface area contributed by atoms with Crippen LogP contribution in [0.1, 0.15) is 43.2 Å². The number of benzene rings is 1. The topological polar surface area (TPSA) is 30.9 Å². The molecular formula is C17H24N2. The van der Waals surface area contributed by atoms with Crippen molar-refractivity contribution in [2.45, 2.75) is 44.4 Å². The van der Waals surface area contributed by atoms with E-state index in [0.717, 1.165) is 6.54 Å². The summed E-state index contributed by atoms with van der Waals surface area (Å²) >= 11 is 0. The third kappa shape index (κ3) is 1.99. The number of nitrogens with zero attached hydrogens (tertiary/aromatic N) is 1. The van der Waals surface area contributed by atoms with Crippen molar-refractivity contribution in [3.05, 3.63) is 35.5 Å². The van der Waals surface area contributed by atoms with Crippen LogP contribution in [0.3, 0.4) is 0 Å². The minimum absolute atomic E-state index is 0.214. The second kappa shape index (κ2) is 4.68. The fourth-order valence-electron chi connectivity index (χ4n) is 3.74. The van der Waals surface area contributed by atoms with Crippen LogP contribution in [0.5, 0.6) is 0 Å². The molecule has 0 amide bonds. The van der Waals surface area contributed by atoms with Gasteiger partial charge in [-0.1, -0.05) is 30.9 Å². The van der Waals surface area contributed by atoms with Crippen molar-refractivity contribution < 1.29 is 0 Å². The van der Waals surface area contributed by atoms with Crippen molar-refractivity contribution in [3.63, 3.8) is 0 Å². The maximum Gasteiger partial charge on any atom is 0.0480 e. The Hall–Kier alpha value is -1.28. The lowest BCUT2D eigenvalue weighted by Gasteiger charge is -2.36. The molecule has 0 aliphatic heterocycles. The van der Waals surface area contributed by atoms with Crippen LogP contribution in [-0.4, -0.2) is 11.1 Å². The van der Waals surface area contributed by atoms with Gasteiger partial charge in [0.1, 0.15) is 0 Å². The molecule has 2 nitrogen and oxygen atoms in total. The zero-order valence-electron chi connectivity index (χ0n) is 12.1. The van der Waals surface area contributed by atoms with Gasteiger partial charge in [-0.2, -0.15) is 0 Å². The molecule has 1 aliphatic rings. The second-order valence-corrected chi connectivity index (χ2v) is 6.22. The van der Waals surface area contributed by atoms with E-state index in [-0.39, 0.29) is 5.41 Å². The molecule has 1 aromatic heterocycles. The zero-order chi connectivity index (χ0) is 13.5. The zero-order valence-corrected chi connectivity index (χ0v) is 12.1. The summed E-state index contributed by atoms with van der Waals surface area (Å²) in [5.74, 6) is 0. The predicted octanol–water partition coefficient (Wildman–Crippen LogP) is 3.65. The van der Waals surface area contributed by atoms with E-state index in [1.165, 1.54) is 54.1 Å². The molecule has 2 N–H and O–H groups in total. The van der Waals surface area contributed by atoms with Crippen LogP contribution in [0.2, 0.25) is 0 Å². The van der Waals surface area contributed by atoms with Crippen LogP contribution in [0, 0.1) is 6.92 Å². The van der Waals surface area contributed by atoms with Crippen LogP contribution < -0.4 is 5.73 Å². The van der Waals surface area contributed by atoms with Crippen LogP contribution in [0.4, 0.5) is 0 Å². The molecule has 0 bridgehead atoms. The number of hydrogen-bond acceptors (Lipinski definition) is 1. The Morgan fingerprint density at radius 3 is 2.63 bits per heavy atom. The summed E-state index contributed by atoms with van der Waals surface area (Å²) in [6.45, 7) is 2.95. The molecule has 0 saturated heterocycles. The van der Waals surface area contributed by atoms with Gasteiger partial charge in [0, 0.05) is 36.1 Å². The first-order valence-corrected chi connectivity index (χ1v) is 7.42. The van der Waals surface area contributed by atoms with E-state index in [0.29, 0.717) is 0 Å². The van der Waals surface area contributed by atoms with E-state index in [1.807, 2.05) is 0 Å². The lowest BCUT2D eigenvalue weighted by atomic mass is 9.69. The van der Waals surface area contributed by atoms with Gasteiger partial charge >= 0.3 is 0 Å². The highest BCUT2D eigenvalue weighted by molar-refractivity contribution is 5.85. The Bertz CT molecular complexity index is 589. The van der Waals surface area contributed by atoms with Crippen molar-refractivity contribution >= 4 is 10.9 Å². The Balaban J connectivity index is 2.20. The standard InChI is InChI=1S/C17H24N2/c1-13-6-7-16-14(10-13)15(11-19(16)2)17(12-18)8-4-3-5-9-17/h6-7,10-11H,3-5,8-9,12,18H2,1-2H3. The molecule has 1 aromatic carbocycles. The second-order valence-electron chi connectivity index (χ2n) is 6.22. The summed E-state index contributed by atoms with van der Waals surface area (Å²) in [5.41, 5.74) is 10.6. The van der Waals surface area contributed by atoms with E-state index < -0.39 is 0 Å². The van der Waals surface area contributed by atoms with Crippen molar-refractivity contribution in [1.29, 1.82) is 0 Å². The number of fused-ring (bicyclic) bond motifs is 1. The third-order valence-electron chi connectivity index (χ3n) is 4.92. The van der Waals surface area contributed by atoms with E-state index >= 15 is 0 Å². The lowest BCUT2D eigenvalue weighted by Crippen LogP contribution is -2.37. The smallest absolute Gasteiger partial charge is 0.0480 e. The van der Waals surface area contributed by atoms with Gasteiger partial charge in [-0.25, -0.2) is 0 Å². The minimum atomic E-state index is 0.214. The van der Waals surface area contributed by atoms with Gasteiger partial charge in [0.2, 0.25) is 0 Å². The summed E-state index contributed by atoms with van der Waals surface area (Å²) in [6, 6.07) is 6.76. The molecule has 1 aliphatic carbocycles. The summed E-state index contributed by atoms with van der Waals surface area (Å²) in [7, 11) is 2.15. The minimum Gasteiger partial charge on any atom is -0.350 e. The molecular weight excluding hydrogens is 232 g/mol. The van der Waals surface area contributed by atoms with Gasteiger partial charge in [-0.05, 0) is 37.5 Å². The van der Waals surface area contributed by atoms with Crippen molar-refractivity contribution in [2.75, 3.05) is 6.54 Å². The quantitative estimate of drug-likeness (QED) is 0.873. The highest BCUT2D eigenvalue weighted by Crippen LogP contribution is 2.42. The summed E-state index contributed by atoms with van der Waals surface area (Å²) in [6.07, 6.45) is 8.82. The largest absolute Gasteiger partial charge is 0.350 e. The molecule has 2 aromatic rings. The van der Waals surface area contributed by atoms with Gasteiger partial charge in [-0.15, -0.1) is 0 Å². The van der Waals surface area contributed by atoms with Crippen LogP contribution >= 0.6 is 0 Å². The Kier molecular flexibility index (Phi) is 3.14. The first kappa shape index (κ1) is 12.7. The fourth-order valence-corrected chi connectivity index (χ4v) is 3.74. The highest BCUT2D eigenvalue weighted by Gasteiger charge is 2.34. The molecule has 3 rings (SSSR count). The van der Waals surface area contributed by atoms with Gasteiger partial charge in [-0.3, -0.25) is 0 Å². The lowest BCUT2D eigenvalue weighted by molar-refractivity contribution is 0.302. The maximum atomic E-state index is 6.20. The highest BCUT2D eigenvalue weighted by atomic mass is 14.9. The third-order valence-corrected chi connectivity index (χ3v) is 4.92. The maximum absolute atomic E-state index is 6.20. The van der Waals surface area contributed by atoms with Gasteiger partial charge < -0.3 is 10.3 Å². The van der Waals surface area contributed by atoms with Crippen LogP contribution in [-0.2, 0) is 12.5 Å². The molecule has 0 unspecified atom stereocenters. The van der Waals surface area contributed by atoms with Gasteiger partial charge in [0.15, 0.2) is 0 Å². The average molecular weight is 256 g/mol. The number of nitrogens with two attached hydrogens (primary N) is 1. The van der Waals surface area contributed by atoms with Crippen molar-refractivity contribution in [3.8, 4) is 0 Å². The predicted molar refractivity (Wildman–Crippen MR) is 81.5 cm³/mol. The molecule has 102 valence electrons. The Labute approximate surface area is 115 Å². The number of rotatable bonds is 2. The Morgan fingerprint density at radius 1 is 1.21 bits per heavy atom. The fraction of sp³-hybridized carbons (Fsp3) is 0.529. The van der Waals surface area contributed by atoms with Crippen LogP contribution in [0.25, 0.3) is 10.9 Å². The summed E-state index contributed by atoms with van der Waals surface area (Å²) in [5, 5.41) is 1.41. The molecule has 1 saturated carbocycles. The molecule has 1 fully saturated rings.